The predicted octanol–water partition coefficient (Wildman–Crippen LogP) is 1.63. The summed E-state index contributed by atoms with van der Waals surface area (Å²) >= 11 is 0. The van der Waals surface area contributed by atoms with Gasteiger partial charge in [0, 0.05) is 6.04 Å². The topological polar surface area (TPSA) is 58.2 Å². The minimum Gasteiger partial charge on any atom is -0.317 e. The number of sulfonamides is 1. The van der Waals surface area contributed by atoms with Gasteiger partial charge in [0.05, 0.1) is 0 Å². The molecule has 1 saturated heterocycles. The zero-order chi connectivity index (χ0) is 14.8. The number of hydrogen-bond acceptors (Lipinski definition) is 3. The Bertz CT molecular complexity index is 572. The first-order valence-electron chi connectivity index (χ1n) is 6.58. The van der Waals surface area contributed by atoms with Crippen molar-refractivity contribution in [1.29, 1.82) is 0 Å². The van der Waals surface area contributed by atoms with Crippen molar-refractivity contribution in [2.24, 2.45) is 5.92 Å². The highest BCUT2D eigenvalue weighted by atomic mass is 32.2. The van der Waals surface area contributed by atoms with Crippen LogP contribution in [0.15, 0.2) is 23.1 Å². The summed E-state index contributed by atoms with van der Waals surface area (Å²) in [6, 6.07) is 2.10. The number of piperidine rings is 1. The summed E-state index contributed by atoms with van der Waals surface area (Å²) in [5.74, 6) is -1.53. The summed E-state index contributed by atoms with van der Waals surface area (Å²) in [5.41, 5.74) is 0. The molecule has 0 spiro atoms. The van der Waals surface area contributed by atoms with Gasteiger partial charge in [0.15, 0.2) is 0 Å². The lowest BCUT2D eigenvalue weighted by molar-refractivity contribution is 0.316. The smallest absolute Gasteiger partial charge is 0.243 e. The van der Waals surface area contributed by atoms with Crippen molar-refractivity contribution in [3.05, 3.63) is 29.8 Å². The molecule has 1 unspecified atom stereocenters. The molecule has 2 rings (SSSR count). The SMILES string of the molecule is CC(NS(=O)(=O)c1cc(F)ccc1F)C1CCNCC1. The van der Waals surface area contributed by atoms with Gasteiger partial charge >= 0.3 is 0 Å². The average molecular weight is 304 g/mol. The number of nitrogens with one attached hydrogen (secondary N) is 2. The molecule has 1 aromatic rings. The van der Waals surface area contributed by atoms with Crippen LogP contribution in [-0.4, -0.2) is 27.5 Å². The second-order valence-electron chi connectivity index (χ2n) is 5.07. The highest BCUT2D eigenvalue weighted by molar-refractivity contribution is 7.89. The molecule has 1 aliphatic rings. The summed E-state index contributed by atoms with van der Waals surface area (Å²) in [4.78, 5) is -0.640. The Kier molecular flexibility index (Phi) is 4.72. The summed E-state index contributed by atoms with van der Waals surface area (Å²) < 4.78 is 53.4. The number of rotatable bonds is 4. The van der Waals surface area contributed by atoms with Crippen LogP contribution >= 0.6 is 0 Å². The fraction of sp³-hybridized carbons (Fsp3) is 0.538. The average Bonchev–Trinajstić information content (AvgIpc) is 2.42. The fourth-order valence-corrected chi connectivity index (χ4v) is 3.83. The molecule has 0 radical (unpaired) electrons. The maximum Gasteiger partial charge on any atom is 0.243 e. The van der Waals surface area contributed by atoms with Crippen LogP contribution in [0.5, 0.6) is 0 Å². The van der Waals surface area contributed by atoms with Gasteiger partial charge in [0.2, 0.25) is 10.0 Å². The molecule has 4 nitrogen and oxygen atoms in total. The van der Waals surface area contributed by atoms with Crippen LogP contribution in [0.4, 0.5) is 8.78 Å². The van der Waals surface area contributed by atoms with E-state index in [1.54, 1.807) is 6.92 Å². The summed E-state index contributed by atoms with van der Waals surface area (Å²) in [7, 11) is -4.05. The van der Waals surface area contributed by atoms with Crippen LogP contribution < -0.4 is 10.0 Å². The molecular weight excluding hydrogens is 286 g/mol. The second kappa shape index (κ2) is 6.15. The number of benzene rings is 1. The van der Waals surface area contributed by atoms with Crippen molar-refractivity contribution >= 4 is 10.0 Å². The molecule has 20 heavy (non-hydrogen) atoms. The van der Waals surface area contributed by atoms with Crippen molar-refractivity contribution in [1.82, 2.24) is 10.0 Å². The maximum atomic E-state index is 13.6. The monoisotopic (exact) mass is 304 g/mol. The highest BCUT2D eigenvalue weighted by Gasteiger charge is 2.27. The van der Waals surface area contributed by atoms with Gasteiger partial charge in [-0.1, -0.05) is 0 Å². The Balaban J connectivity index is 2.16. The predicted molar refractivity (Wildman–Crippen MR) is 71.7 cm³/mol. The van der Waals surface area contributed by atoms with Gasteiger partial charge in [0.1, 0.15) is 16.5 Å². The van der Waals surface area contributed by atoms with Crippen LogP contribution in [0.2, 0.25) is 0 Å². The van der Waals surface area contributed by atoms with Gasteiger partial charge in [0.25, 0.3) is 0 Å². The van der Waals surface area contributed by atoms with E-state index in [0.717, 1.165) is 38.1 Å². The maximum absolute atomic E-state index is 13.6. The Labute approximate surface area is 117 Å². The van der Waals surface area contributed by atoms with Crippen LogP contribution in [-0.2, 0) is 10.0 Å². The molecule has 7 heteroatoms. The van der Waals surface area contributed by atoms with Gasteiger partial charge in [-0.05, 0) is 57.0 Å². The van der Waals surface area contributed by atoms with E-state index in [0.29, 0.717) is 6.07 Å². The van der Waals surface area contributed by atoms with E-state index in [1.165, 1.54) is 0 Å². The van der Waals surface area contributed by atoms with Gasteiger partial charge in [-0.15, -0.1) is 0 Å². The van der Waals surface area contributed by atoms with E-state index >= 15 is 0 Å². The molecule has 0 aromatic heterocycles. The van der Waals surface area contributed by atoms with Crippen LogP contribution in [0.3, 0.4) is 0 Å². The largest absolute Gasteiger partial charge is 0.317 e. The van der Waals surface area contributed by atoms with Crippen molar-refractivity contribution in [2.75, 3.05) is 13.1 Å². The second-order valence-corrected chi connectivity index (χ2v) is 6.75. The van der Waals surface area contributed by atoms with Gasteiger partial charge in [-0.2, -0.15) is 0 Å². The molecule has 1 fully saturated rings. The third kappa shape index (κ3) is 3.53. The third-order valence-electron chi connectivity index (χ3n) is 3.61. The molecular formula is C13H18F2N2O2S. The highest BCUT2D eigenvalue weighted by Crippen LogP contribution is 2.20. The van der Waals surface area contributed by atoms with Crippen LogP contribution in [0.25, 0.3) is 0 Å². The zero-order valence-corrected chi connectivity index (χ0v) is 12.0. The van der Waals surface area contributed by atoms with Crippen molar-refractivity contribution in [3.63, 3.8) is 0 Å². The molecule has 0 amide bonds. The molecule has 0 bridgehead atoms. The molecule has 0 aliphatic carbocycles. The molecule has 2 N–H and O–H groups in total. The Morgan fingerprint density at radius 1 is 1.30 bits per heavy atom. The number of halogens is 2. The first kappa shape index (κ1) is 15.3. The molecule has 1 aliphatic heterocycles. The van der Waals surface area contributed by atoms with Gasteiger partial charge in [-0.3, -0.25) is 0 Å². The normalized spacial score (nSPS) is 18.9. The molecule has 1 heterocycles. The molecule has 0 saturated carbocycles. The summed E-state index contributed by atoms with van der Waals surface area (Å²) in [6.45, 7) is 3.43. The Morgan fingerprint density at radius 3 is 2.60 bits per heavy atom. The fourth-order valence-electron chi connectivity index (χ4n) is 2.43. The minimum absolute atomic E-state index is 0.197. The Morgan fingerprint density at radius 2 is 1.95 bits per heavy atom. The van der Waals surface area contributed by atoms with E-state index in [1.807, 2.05) is 0 Å². The van der Waals surface area contributed by atoms with Crippen LogP contribution in [0, 0.1) is 17.6 Å². The van der Waals surface area contributed by atoms with E-state index in [-0.39, 0.29) is 12.0 Å². The lowest BCUT2D eigenvalue weighted by Crippen LogP contribution is -2.42. The minimum atomic E-state index is -4.05. The van der Waals surface area contributed by atoms with Crippen LogP contribution in [0.1, 0.15) is 19.8 Å². The van der Waals surface area contributed by atoms with E-state index < -0.39 is 26.6 Å². The van der Waals surface area contributed by atoms with Crippen molar-refractivity contribution in [2.45, 2.75) is 30.7 Å². The van der Waals surface area contributed by atoms with Crippen molar-refractivity contribution < 1.29 is 17.2 Å². The van der Waals surface area contributed by atoms with E-state index in [4.69, 9.17) is 0 Å². The lowest BCUT2D eigenvalue weighted by atomic mass is 9.92. The molecule has 112 valence electrons. The first-order valence-corrected chi connectivity index (χ1v) is 8.06. The quantitative estimate of drug-likeness (QED) is 0.889. The molecule has 1 atom stereocenters. The van der Waals surface area contributed by atoms with Gasteiger partial charge in [-0.25, -0.2) is 21.9 Å². The summed E-state index contributed by atoms with van der Waals surface area (Å²) in [5, 5.41) is 3.19. The van der Waals surface area contributed by atoms with Gasteiger partial charge < -0.3 is 5.32 Å². The summed E-state index contributed by atoms with van der Waals surface area (Å²) in [6.07, 6.45) is 1.71. The van der Waals surface area contributed by atoms with E-state index in [9.17, 15) is 17.2 Å². The molecule has 1 aromatic carbocycles. The Hall–Kier alpha value is -1.05. The number of hydrogen-bond donors (Lipinski definition) is 2. The van der Waals surface area contributed by atoms with E-state index in [2.05, 4.69) is 10.0 Å². The standard InChI is InChI=1S/C13H18F2N2O2S/c1-9(10-4-6-16-7-5-10)17-20(18,19)13-8-11(14)2-3-12(13)15/h2-3,8-10,16-17H,4-7H2,1H3. The lowest BCUT2D eigenvalue weighted by Gasteiger charge is -2.28. The first-order chi connectivity index (χ1) is 9.40. The van der Waals surface area contributed by atoms with Crippen molar-refractivity contribution in [3.8, 4) is 0 Å². The zero-order valence-electron chi connectivity index (χ0n) is 11.2. The third-order valence-corrected chi connectivity index (χ3v) is 5.19.